The zero-order chi connectivity index (χ0) is 17.4. The molecular weight excluding hydrogens is 314 g/mol. The van der Waals surface area contributed by atoms with E-state index in [0.717, 1.165) is 28.1 Å². The standard InChI is InChI=1S/C19H17N5O/c1-12-10-17(24(2)23-12)19(25)20-14-7-5-6-13(11-14)18-21-15-8-3-4-9-16(15)22-18/h3-11H,1-2H3,(H,20,25)(H,21,22). The molecule has 4 aromatic rings. The fourth-order valence-electron chi connectivity index (χ4n) is 2.85. The number of H-pyrrole nitrogens is 1. The summed E-state index contributed by atoms with van der Waals surface area (Å²) in [5, 5.41) is 7.12. The molecule has 0 aliphatic carbocycles. The van der Waals surface area contributed by atoms with Gasteiger partial charge >= 0.3 is 0 Å². The summed E-state index contributed by atoms with van der Waals surface area (Å²) in [6, 6.07) is 17.3. The number of amides is 1. The number of fused-ring (bicyclic) bond motifs is 1. The highest BCUT2D eigenvalue weighted by Crippen LogP contribution is 2.23. The summed E-state index contributed by atoms with van der Waals surface area (Å²) in [4.78, 5) is 20.3. The lowest BCUT2D eigenvalue weighted by molar-refractivity contribution is 0.101. The molecule has 2 aromatic heterocycles. The number of para-hydroxylation sites is 2. The van der Waals surface area contributed by atoms with Crippen molar-refractivity contribution < 1.29 is 4.79 Å². The Morgan fingerprint density at radius 2 is 1.96 bits per heavy atom. The lowest BCUT2D eigenvalue weighted by atomic mass is 10.2. The molecule has 6 heteroatoms. The van der Waals surface area contributed by atoms with Gasteiger partial charge in [-0.05, 0) is 37.3 Å². The zero-order valence-corrected chi connectivity index (χ0v) is 13.9. The van der Waals surface area contributed by atoms with Crippen LogP contribution < -0.4 is 5.32 Å². The minimum atomic E-state index is -0.190. The van der Waals surface area contributed by atoms with Crippen LogP contribution in [0.15, 0.2) is 54.6 Å². The lowest BCUT2D eigenvalue weighted by Crippen LogP contribution is -2.16. The van der Waals surface area contributed by atoms with Gasteiger partial charge in [-0.25, -0.2) is 4.98 Å². The maximum Gasteiger partial charge on any atom is 0.273 e. The second kappa shape index (κ2) is 5.90. The van der Waals surface area contributed by atoms with Crippen LogP contribution in [0.25, 0.3) is 22.4 Å². The van der Waals surface area contributed by atoms with Crippen LogP contribution in [0.3, 0.4) is 0 Å². The first-order valence-electron chi connectivity index (χ1n) is 7.97. The molecule has 124 valence electrons. The molecule has 0 aliphatic heterocycles. The largest absolute Gasteiger partial charge is 0.338 e. The predicted octanol–water partition coefficient (Wildman–Crippen LogP) is 3.52. The number of aromatic amines is 1. The van der Waals surface area contributed by atoms with E-state index in [9.17, 15) is 4.79 Å². The van der Waals surface area contributed by atoms with E-state index in [1.165, 1.54) is 0 Å². The van der Waals surface area contributed by atoms with Gasteiger partial charge in [-0.3, -0.25) is 9.48 Å². The topological polar surface area (TPSA) is 75.6 Å². The molecule has 1 amide bonds. The third kappa shape index (κ3) is 2.89. The minimum Gasteiger partial charge on any atom is -0.338 e. The number of hydrogen-bond acceptors (Lipinski definition) is 3. The first-order chi connectivity index (χ1) is 12.1. The summed E-state index contributed by atoms with van der Waals surface area (Å²) in [6.45, 7) is 1.86. The van der Waals surface area contributed by atoms with Crippen LogP contribution >= 0.6 is 0 Å². The summed E-state index contributed by atoms with van der Waals surface area (Å²) in [7, 11) is 1.76. The molecule has 0 bridgehead atoms. The summed E-state index contributed by atoms with van der Waals surface area (Å²) in [5.41, 5.74) is 4.85. The molecule has 0 saturated heterocycles. The van der Waals surface area contributed by atoms with Gasteiger partial charge in [0, 0.05) is 18.3 Å². The summed E-state index contributed by atoms with van der Waals surface area (Å²) >= 11 is 0. The number of hydrogen-bond donors (Lipinski definition) is 2. The first-order valence-corrected chi connectivity index (χ1v) is 7.97. The van der Waals surface area contributed by atoms with Crippen LogP contribution in [-0.4, -0.2) is 25.7 Å². The monoisotopic (exact) mass is 331 g/mol. The Hall–Kier alpha value is -3.41. The normalized spacial score (nSPS) is 11.0. The maximum absolute atomic E-state index is 12.4. The molecule has 2 N–H and O–H groups in total. The van der Waals surface area contributed by atoms with Crippen molar-refractivity contribution >= 4 is 22.6 Å². The average Bonchev–Trinajstić information content (AvgIpc) is 3.18. The van der Waals surface area contributed by atoms with E-state index in [2.05, 4.69) is 20.4 Å². The van der Waals surface area contributed by atoms with E-state index in [4.69, 9.17) is 0 Å². The fraction of sp³-hybridized carbons (Fsp3) is 0.105. The molecule has 4 rings (SSSR count). The second-order valence-electron chi connectivity index (χ2n) is 5.93. The SMILES string of the molecule is Cc1cc(C(=O)Nc2cccc(-c3nc4ccccc4[nH]3)c2)n(C)n1. The van der Waals surface area contributed by atoms with Gasteiger partial charge in [0.2, 0.25) is 0 Å². The number of imidazole rings is 1. The summed E-state index contributed by atoms with van der Waals surface area (Å²) in [5.74, 6) is 0.582. The number of aromatic nitrogens is 4. The van der Waals surface area contributed by atoms with Gasteiger partial charge in [0.05, 0.1) is 16.7 Å². The van der Waals surface area contributed by atoms with Gasteiger partial charge in [0.15, 0.2) is 0 Å². The number of aryl methyl sites for hydroxylation is 2. The quantitative estimate of drug-likeness (QED) is 0.603. The van der Waals surface area contributed by atoms with E-state index < -0.39 is 0 Å². The fourth-order valence-corrected chi connectivity index (χ4v) is 2.85. The van der Waals surface area contributed by atoms with Crippen LogP contribution in [0, 0.1) is 6.92 Å². The van der Waals surface area contributed by atoms with E-state index >= 15 is 0 Å². The van der Waals surface area contributed by atoms with Crippen LogP contribution in [0.5, 0.6) is 0 Å². The van der Waals surface area contributed by atoms with Gasteiger partial charge in [-0.1, -0.05) is 24.3 Å². The van der Waals surface area contributed by atoms with Crippen molar-refractivity contribution in [3.63, 3.8) is 0 Å². The van der Waals surface area contributed by atoms with E-state index in [1.54, 1.807) is 17.8 Å². The van der Waals surface area contributed by atoms with E-state index in [0.29, 0.717) is 11.4 Å². The number of benzene rings is 2. The smallest absolute Gasteiger partial charge is 0.273 e. The Labute approximate surface area is 144 Å². The van der Waals surface area contributed by atoms with Crippen molar-refractivity contribution in [3.8, 4) is 11.4 Å². The Bertz CT molecular complexity index is 1040. The number of carbonyl (C=O) groups excluding carboxylic acids is 1. The van der Waals surface area contributed by atoms with Crippen molar-refractivity contribution in [1.29, 1.82) is 0 Å². The van der Waals surface area contributed by atoms with Gasteiger partial charge in [-0.15, -0.1) is 0 Å². The Balaban J connectivity index is 1.63. The number of anilines is 1. The first kappa shape index (κ1) is 15.1. The van der Waals surface area contributed by atoms with E-state index in [-0.39, 0.29) is 5.91 Å². The number of carbonyl (C=O) groups is 1. The third-order valence-electron chi connectivity index (χ3n) is 4.02. The highest BCUT2D eigenvalue weighted by atomic mass is 16.2. The molecule has 0 aliphatic rings. The highest BCUT2D eigenvalue weighted by Gasteiger charge is 2.13. The predicted molar refractivity (Wildman–Crippen MR) is 97.4 cm³/mol. The molecule has 25 heavy (non-hydrogen) atoms. The molecule has 0 fully saturated rings. The van der Waals surface area contributed by atoms with Crippen LogP contribution in [-0.2, 0) is 7.05 Å². The van der Waals surface area contributed by atoms with E-state index in [1.807, 2.05) is 55.5 Å². The van der Waals surface area contributed by atoms with Crippen molar-refractivity contribution in [3.05, 3.63) is 66.0 Å². The molecule has 2 aromatic carbocycles. The maximum atomic E-state index is 12.4. The molecule has 0 atom stereocenters. The molecule has 0 spiro atoms. The Morgan fingerprint density at radius 3 is 2.72 bits per heavy atom. The average molecular weight is 331 g/mol. The Morgan fingerprint density at radius 1 is 1.12 bits per heavy atom. The third-order valence-corrected chi connectivity index (χ3v) is 4.02. The molecule has 6 nitrogen and oxygen atoms in total. The zero-order valence-electron chi connectivity index (χ0n) is 13.9. The molecular formula is C19H17N5O. The number of rotatable bonds is 3. The summed E-state index contributed by atoms with van der Waals surface area (Å²) in [6.07, 6.45) is 0. The van der Waals surface area contributed by atoms with Gasteiger partial charge < -0.3 is 10.3 Å². The molecule has 2 heterocycles. The van der Waals surface area contributed by atoms with Crippen LogP contribution in [0.1, 0.15) is 16.2 Å². The van der Waals surface area contributed by atoms with Gasteiger partial charge in [0.25, 0.3) is 5.91 Å². The summed E-state index contributed by atoms with van der Waals surface area (Å²) < 4.78 is 1.58. The molecule has 0 unspecified atom stereocenters. The van der Waals surface area contributed by atoms with Crippen LogP contribution in [0.4, 0.5) is 5.69 Å². The minimum absolute atomic E-state index is 0.190. The van der Waals surface area contributed by atoms with Crippen molar-refractivity contribution in [2.45, 2.75) is 6.92 Å². The van der Waals surface area contributed by atoms with Gasteiger partial charge in [-0.2, -0.15) is 5.10 Å². The van der Waals surface area contributed by atoms with Crippen molar-refractivity contribution in [2.24, 2.45) is 7.05 Å². The lowest BCUT2D eigenvalue weighted by Gasteiger charge is -2.06. The van der Waals surface area contributed by atoms with Crippen molar-refractivity contribution in [1.82, 2.24) is 19.7 Å². The second-order valence-corrected chi connectivity index (χ2v) is 5.93. The molecule has 0 saturated carbocycles. The Kier molecular flexibility index (Phi) is 3.57. The number of nitrogens with zero attached hydrogens (tertiary/aromatic N) is 3. The van der Waals surface area contributed by atoms with Crippen molar-refractivity contribution in [2.75, 3.05) is 5.32 Å². The number of nitrogens with one attached hydrogen (secondary N) is 2. The van der Waals surface area contributed by atoms with Gasteiger partial charge in [0.1, 0.15) is 11.5 Å². The van der Waals surface area contributed by atoms with Crippen LogP contribution in [0.2, 0.25) is 0 Å². The highest BCUT2D eigenvalue weighted by molar-refractivity contribution is 6.03. The molecule has 0 radical (unpaired) electrons.